The molecule has 2 atom stereocenters. The number of carbonyl (C=O) groups excluding carboxylic acids is 1. The lowest BCUT2D eigenvalue weighted by atomic mass is 9.82. The molecule has 3 rings (SSSR count). The summed E-state index contributed by atoms with van der Waals surface area (Å²) in [4.78, 5) is 27.9. The highest BCUT2D eigenvalue weighted by molar-refractivity contribution is 7.09. The van der Waals surface area contributed by atoms with Crippen LogP contribution in [0.25, 0.3) is 0 Å². The predicted octanol–water partition coefficient (Wildman–Crippen LogP) is 4.86. The van der Waals surface area contributed by atoms with Crippen molar-refractivity contribution in [3.8, 4) is 11.5 Å². The number of amides is 1. The molecule has 35 heavy (non-hydrogen) atoms. The maximum absolute atomic E-state index is 13.3. The lowest BCUT2D eigenvalue weighted by Crippen LogP contribution is -2.49. The van der Waals surface area contributed by atoms with E-state index in [1.807, 2.05) is 0 Å². The zero-order valence-corrected chi connectivity index (χ0v) is 19.1. The first-order valence-electron chi connectivity index (χ1n) is 10.2. The fourth-order valence-electron chi connectivity index (χ4n) is 3.59. The predicted molar refractivity (Wildman–Crippen MR) is 122 cm³/mol. The molecular formula is C22H21F3N4O5S. The van der Waals surface area contributed by atoms with E-state index in [2.05, 4.69) is 10.3 Å². The van der Waals surface area contributed by atoms with Crippen molar-refractivity contribution in [1.29, 1.82) is 0 Å². The number of rotatable bonds is 8. The van der Waals surface area contributed by atoms with E-state index < -0.39 is 51.2 Å². The first-order valence-corrected chi connectivity index (χ1v) is 11.1. The first kappa shape index (κ1) is 25.9. The number of aromatic hydroxyl groups is 2. The van der Waals surface area contributed by atoms with E-state index in [1.165, 1.54) is 6.20 Å². The molecule has 1 amide bonds. The molecule has 0 spiro atoms. The Bertz CT molecular complexity index is 1220. The molecule has 9 nitrogen and oxygen atoms in total. The van der Waals surface area contributed by atoms with Crippen LogP contribution in [0.1, 0.15) is 41.8 Å². The zero-order chi connectivity index (χ0) is 26.0. The van der Waals surface area contributed by atoms with Gasteiger partial charge in [0.1, 0.15) is 10.5 Å². The van der Waals surface area contributed by atoms with Crippen molar-refractivity contribution < 1.29 is 33.1 Å². The van der Waals surface area contributed by atoms with E-state index in [0.29, 0.717) is 6.42 Å². The number of nitrogens with two attached hydrogens (primary N) is 1. The van der Waals surface area contributed by atoms with Crippen LogP contribution in [-0.2, 0) is 16.5 Å². The van der Waals surface area contributed by atoms with E-state index in [-0.39, 0.29) is 22.7 Å². The Morgan fingerprint density at radius 2 is 1.91 bits per heavy atom. The summed E-state index contributed by atoms with van der Waals surface area (Å²) in [6, 6.07) is 6.10. The first-order chi connectivity index (χ1) is 16.4. The van der Waals surface area contributed by atoms with Crippen LogP contribution in [-0.4, -0.2) is 26.0 Å². The standard InChI is InChI=1S/C22H21F3N4O5S/c1-2-12(13-9-16(29(33)34)18(31)17(30)10-13)11-21(26,20-27-7-8-35-20)19(32)28-15-5-3-14(4-6-15)22(23,24)25/h3-10,12,30-31H,2,11,26H2,1H3,(H,28,32). The number of thiazole rings is 1. The van der Waals surface area contributed by atoms with Gasteiger partial charge in [-0.2, -0.15) is 13.2 Å². The van der Waals surface area contributed by atoms with Crippen LogP contribution in [0, 0.1) is 10.1 Å². The molecule has 0 saturated carbocycles. The number of phenols is 2. The molecule has 2 aromatic carbocycles. The van der Waals surface area contributed by atoms with Gasteiger partial charge in [0, 0.05) is 23.3 Å². The van der Waals surface area contributed by atoms with Gasteiger partial charge in [0.15, 0.2) is 5.75 Å². The van der Waals surface area contributed by atoms with Crippen LogP contribution in [0.3, 0.4) is 0 Å². The van der Waals surface area contributed by atoms with E-state index >= 15 is 0 Å². The third-order valence-electron chi connectivity index (χ3n) is 5.51. The average molecular weight is 510 g/mol. The molecule has 0 saturated heterocycles. The van der Waals surface area contributed by atoms with Crippen molar-refractivity contribution >= 4 is 28.6 Å². The fourth-order valence-corrected chi connectivity index (χ4v) is 4.35. The summed E-state index contributed by atoms with van der Waals surface area (Å²) in [5.74, 6) is -2.91. The number of hydrogen-bond donors (Lipinski definition) is 4. The molecule has 3 aromatic rings. The molecule has 0 aliphatic rings. The highest BCUT2D eigenvalue weighted by Crippen LogP contribution is 2.42. The van der Waals surface area contributed by atoms with Crippen LogP contribution in [0.4, 0.5) is 24.5 Å². The maximum Gasteiger partial charge on any atom is 0.416 e. The van der Waals surface area contributed by atoms with Gasteiger partial charge in [-0.05, 0) is 54.7 Å². The number of aromatic nitrogens is 1. The lowest BCUT2D eigenvalue weighted by molar-refractivity contribution is -0.386. The number of phenolic OH excluding ortho intramolecular Hbond substituents is 2. The SMILES string of the molecule is CCC(CC(N)(C(=O)Nc1ccc(C(F)(F)F)cc1)c1nccs1)c1cc(O)c(O)c([N+](=O)[O-])c1. The van der Waals surface area contributed by atoms with Gasteiger partial charge in [0.25, 0.3) is 5.91 Å². The van der Waals surface area contributed by atoms with Gasteiger partial charge in [-0.15, -0.1) is 11.3 Å². The monoisotopic (exact) mass is 510 g/mol. The third kappa shape index (κ3) is 5.52. The van der Waals surface area contributed by atoms with Crippen LogP contribution >= 0.6 is 11.3 Å². The number of nitrogens with one attached hydrogen (secondary N) is 1. The van der Waals surface area contributed by atoms with Crippen LogP contribution in [0.15, 0.2) is 48.0 Å². The number of carbonyl (C=O) groups is 1. The highest BCUT2D eigenvalue weighted by atomic mass is 32.1. The van der Waals surface area contributed by atoms with Crippen LogP contribution in [0.2, 0.25) is 0 Å². The molecule has 186 valence electrons. The largest absolute Gasteiger partial charge is 0.504 e. The number of anilines is 1. The Kier molecular flexibility index (Phi) is 7.31. The van der Waals surface area contributed by atoms with Crippen molar-refractivity contribution in [2.75, 3.05) is 5.32 Å². The number of benzene rings is 2. The Labute approximate surface area is 201 Å². The van der Waals surface area contributed by atoms with Crippen molar-refractivity contribution in [2.24, 2.45) is 5.73 Å². The summed E-state index contributed by atoms with van der Waals surface area (Å²) < 4.78 is 38.5. The van der Waals surface area contributed by atoms with Crippen molar-refractivity contribution in [3.05, 3.63) is 74.2 Å². The second-order valence-corrected chi connectivity index (χ2v) is 8.71. The number of nitrogens with zero attached hydrogens (tertiary/aromatic N) is 2. The molecule has 0 bridgehead atoms. The van der Waals surface area contributed by atoms with Crippen molar-refractivity contribution in [1.82, 2.24) is 4.98 Å². The molecule has 1 aromatic heterocycles. The normalized spacial score (nSPS) is 14.2. The number of nitro groups is 1. The fraction of sp³-hybridized carbons (Fsp3) is 0.273. The van der Waals surface area contributed by atoms with Gasteiger partial charge in [-0.25, -0.2) is 4.98 Å². The minimum atomic E-state index is -4.53. The summed E-state index contributed by atoms with van der Waals surface area (Å²) >= 11 is 1.09. The minimum absolute atomic E-state index is 0.0837. The van der Waals surface area contributed by atoms with Gasteiger partial charge >= 0.3 is 11.9 Å². The Balaban J connectivity index is 1.95. The Hall–Kier alpha value is -3.71. The molecule has 0 aliphatic heterocycles. The lowest BCUT2D eigenvalue weighted by Gasteiger charge is -2.30. The van der Waals surface area contributed by atoms with E-state index in [4.69, 9.17) is 5.73 Å². The van der Waals surface area contributed by atoms with Gasteiger partial charge < -0.3 is 21.3 Å². The van der Waals surface area contributed by atoms with Gasteiger partial charge in [0.2, 0.25) is 5.75 Å². The number of alkyl halides is 3. The van der Waals surface area contributed by atoms with Crippen LogP contribution in [0.5, 0.6) is 11.5 Å². The molecule has 0 fully saturated rings. The average Bonchev–Trinajstić information content (AvgIpc) is 3.34. The number of hydrogen-bond acceptors (Lipinski definition) is 8. The number of halogens is 3. The van der Waals surface area contributed by atoms with E-state index in [9.17, 15) is 38.3 Å². The summed E-state index contributed by atoms with van der Waals surface area (Å²) in [5.41, 5.74) is 3.55. The highest BCUT2D eigenvalue weighted by Gasteiger charge is 2.41. The Morgan fingerprint density at radius 1 is 1.26 bits per heavy atom. The van der Waals surface area contributed by atoms with Crippen molar-refractivity contribution in [3.63, 3.8) is 0 Å². The molecule has 5 N–H and O–H groups in total. The summed E-state index contributed by atoms with van der Waals surface area (Å²) in [6.07, 6.45) is -2.86. The topological polar surface area (TPSA) is 152 Å². The van der Waals surface area contributed by atoms with Gasteiger partial charge in [0.05, 0.1) is 10.5 Å². The second kappa shape index (κ2) is 9.88. The third-order valence-corrected chi connectivity index (χ3v) is 6.46. The van der Waals surface area contributed by atoms with Gasteiger partial charge in [-0.3, -0.25) is 14.9 Å². The summed E-state index contributed by atoms with van der Waals surface area (Å²) in [5, 5.41) is 35.4. The number of nitro benzene ring substituents is 1. The second-order valence-electron chi connectivity index (χ2n) is 7.81. The quantitative estimate of drug-likeness (QED) is 0.192. The molecule has 1 heterocycles. The van der Waals surface area contributed by atoms with Crippen LogP contribution < -0.4 is 11.1 Å². The Morgan fingerprint density at radius 3 is 2.43 bits per heavy atom. The van der Waals surface area contributed by atoms with E-state index in [1.54, 1.807) is 12.3 Å². The zero-order valence-electron chi connectivity index (χ0n) is 18.2. The minimum Gasteiger partial charge on any atom is -0.504 e. The smallest absolute Gasteiger partial charge is 0.416 e. The molecular weight excluding hydrogens is 489 g/mol. The molecule has 0 aliphatic carbocycles. The van der Waals surface area contributed by atoms with E-state index in [0.717, 1.165) is 47.7 Å². The molecule has 13 heteroatoms. The molecule has 0 radical (unpaired) electrons. The van der Waals surface area contributed by atoms with Gasteiger partial charge in [-0.1, -0.05) is 6.92 Å². The van der Waals surface area contributed by atoms with Crippen molar-refractivity contribution in [2.45, 2.75) is 37.4 Å². The maximum atomic E-state index is 13.3. The summed E-state index contributed by atoms with van der Waals surface area (Å²) in [7, 11) is 0. The summed E-state index contributed by atoms with van der Waals surface area (Å²) in [6.45, 7) is 1.75. The molecule has 2 unspecified atom stereocenters.